The van der Waals surface area contributed by atoms with E-state index in [1.54, 1.807) is 0 Å². The molecule has 0 aromatic carbocycles. The maximum Gasteiger partial charge on any atom is 0.142 e. The van der Waals surface area contributed by atoms with E-state index >= 15 is 0 Å². The van der Waals surface area contributed by atoms with E-state index < -0.39 is 0 Å². The van der Waals surface area contributed by atoms with E-state index in [-0.39, 0.29) is 0 Å². The average molecular weight is 213 g/mol. The van der Waals surface area contributed by atoms with E-state index in [1.165, 1.54) is 16.5 Å². The summed E-state index contributed by atoms with van der Waals surface area (Å²) in [6.07, 6.45) is 0. The summed E-state index contributed by atoms with van der Waals surface area (Å²) in [5.41, 5.74) is 6.83. The van der Waals surface area contributed by atoms with Gasteiger partial charge in [0.2, 0.25) is 0 Å². The molecule has 0 aliphatic carbocycles. The highest BCUT2D eigenvalue weighted by Gasteiger charge is 2.22. The molecular formula is C9H15N3OS. The van der Waals surface area contributed by atoms with Gasteiger partial charge in [0.05, 0.1) is 19.3 Å². The van der Waals surface area contributed by atoms with Gasteiger partial charge in [0.25, 0.3) is 0 Å². The number of nitrogens with zero attached hydrogens (tertiary/aromatic N) is 2. The van der Waals surface area contributed by atoms with E-state index in [0.717, 1.165) is 25.3 Å². The highest BCUT2D eigenvalue weighted by Crippen LogP contribution is 2.31. The number of anilines is 2. The number of hydrogen-bond donors (Lipinski definition) is 1. The second-order valence-corrected chi connectivity index (χ2v) is 4.37. The molecule has 1 saturated heterocycles. The van der Waals surface area contributed by atoms with E-state index in [0.29, 0.717) is 11.9 Å². The van der Waals surface area contributed by atoms with Gasteiger partial charge in [0.1, 0.15) is 10.8 Å². The molecule has 5 heteroatoms. The van der Waals surface area contributed by atoms with Crippen molar-refractivity contribution in [2.75, 3.05) is 30.4 Å². The molecule has 2 heterocycles. The highest BCUT2D eigenvalue weighted by molar-refractivity contribution is 7.10. The van der Waals surface area contributed by atoms with Crippen LogP contribution in [0.5, 0.6) is 0 Å². The Kier molecular flexibility index (Phi) is 2.60. The molecule has 1 atom stereocenters. The summed E-state index contributed by atoms with van der Waals surface area (Å²) >= 11 is 1.48. The minimum atomic E-state index is 0.419. The predicted octanol–water partition coefficient (Wildman–Crippen LogP) is 1.26. The molecule has 0 radical (unpaired) electrons. The van der Waals surface area contributed by atoms with Crippen molar-refractivity contribution in [1.29, 1.82) is 0 Å². The van der Waals surface area contributed by atoms with Gasteiger partial charge < -0.3 is 15.4 Å². The Morgan fingerprint density at radius 1 is 1.64 bits per heavy atom. The number of morpholine rings is 1. The third-order valence-electron chi connectivity index (χ3n) is 2.56. The van der Waals surface area contributed by atoms with E-state index in [2.05, 4.69) is 16.2 Å². The van der Waals surface area contributed by atoms with E-state index in [9.17, 15) is 0 Å². The van der Waals surface area contributed by atoms with Gasteiger partial charge in [-0.1, -0.05) is 0 Å². The second kappa shape index (κ2) is 3.74. The van der Waals surface area contributed by atoms with Gasteiger partial charge in [-0.25, -0.2) is 0 Å². The Bertz CT molecular complexity index is 326. The van der Waals surface area contributed by atoms with Gasteiger partial charge in [-0.05, 0) is 25.4 Å². The Morgan fingerprint density at radius 3 is 3.00 bits per heavy atom. The second-order valence-electron chi connectivity index (χ2n) is 3.62. The van der Waals surface area contributed by atoms with Crippen LogP contribution in [0.4, 0.5) is 10.8 Å². The summed E-state index contributed by atoms with van der Waals surface area (Å²) < 4.78 is 9.55. The molecule has 78 valence electrons. The summed E-state index contributed by atoms with van der Waals surface area (Å²) in [5, 5.41) is 1.19. The van der Waals surface area contributed by atoms with Crippen LogP contribution in [0.15, 0.2) is 0 Å². The molecular weight excluding hydrogens is 198 g/mol. The molecule has 1 aliphatic heterocycles. The lowest BCUT2D eigenvalue weighted by Gasteiger charge is -2.34. The van der Waals surface area contributed by atoms with Crippen molar-refractivity contribution < 1.29 is 4.74 Å². The number of nitrogen functional groups attached to an aromatic ring is 1. The topological polar surface area (TPSA) is 51.4 Å². The molecule has 2 N–H and O–H groups in total. The van der Waals surface area contributed by atoms with Crippen molar-refractivity contribution in [2.24, 2.45) is 0 Å². The SMILES string of the molecule is Cc1c(N)nsc1N1CCOCC1C. The molecule has 1 fully saturated rings. The third-order valence-corrected chi connectivity index (χ3v) is 3.57. The lowest BCUT2D eigenvalue weighted by atomic mass is 10.2. The quantitative estimate of drug-likeness (QED) is 0.763. The Balaban J connectivity index is 2.24. The minimum absolute atomic E-state index is 0.419. The molecule has 1 aliphatic rings. The lowest BCUT2D eigenvalue weighted by Crippen LogP contribution is -2.43. The zero-order valence-electron chi connectivity index (χ0n) is 8.49. The fraction of sp³-hybridized carbons (Fsp3) is 0.667. The van der Waals surface area contributed by atoms with Gasteiger partial charge in [-0.15, -0.1) is 0 Å². The first kappa shape index (κ1) is 9.73. The molecule has 0 spiro atoms. The van der Waals surface area contributed by atoms with Crippen LogP contribution in [0.2, 0.25) is 0 Å². The molecule has 0 bridgehead atoms. The summed E-state index contributed by atoms with van der Waals surface area (Å²) in [6, 6.07) is 0.419. The number of nitrogens with two attached hydrogens (primary N) is 1. The number of ether oxygens (including phenoxy) is 1. The van der Waals surface area contributed by atoms with Crippen LogP contribution in [0.1, 0.15) is 12.5 Å². The first-order chi connectivity index (χ1) is 6.70. The van der Waals surface area contributed by atoms with Gasteiger partial charge >= 0.3 is 0 Å². The average Bonchev–Trinajstić information content (AvgIpc) is 2.49. The molecule has 14 heavy (non-hydrogen) atoms. The highest BCUT2D eigenvalue weighted by atomic mass is 32.1. The van der Waals surface area contributed by atoms with E-state index in [4.69, 9.17) is 10.5 Å². The van der Waals surface area contributed by atoms with Crippen LogP contribution < -0.4 is 10.6 Å². The molecule has 2 rings (SSSR count). The van der Waals surface area contributed by atoms with Gasteiger partial charge in [-0.3, -0.25) is 0 Å². The Morgan fingerprint density at radius 2 is 2.43 bits per heavy atom. The van der Waals surface area contributed by atoms with Crippen molar-refractivity contribution in [3.63, 3.8) is 0 Å². The van der Waals surface area contributed by atoms with Crippen LogP contribution >= 0.6 is 11.5 Å². The van der Waals surface area contributed by atoms with Crippen molar-refractivity contribution >= 4 is 22.4 Å². The van der Waals surface area contributed by atoms with Gasteiger partial charge in [0.15, 0.2) is 0 Å². The maximum atomic E-state index is 5.73. The van der Waals surface area contributed by atoms with Crippen LogP contribution in [0.25, 0.3) is 0 Å². The molecule has 0 saturated carbocycles. The minimum Gasteiger partial charge on any atom is -0.383 e. The molecule has 0 amide bonds. The van der Waals surface area contributed by atoms with Crippen molar-refractivity contribution in [1.82, 2.24) is 4.37 Å². The number of aromatic nitrogens is 1. The fourth-order valence-electron chi connectivity index (χ4n) is 1.64. The fourth-order valence-corrected chi connectivity index (χ4v) is 2.57. The molecule has 1 unspecified atom stereocenters. The smallest absolute Gasteiger partial charge is 0.142 e. The van der Waals surface area contributed by atoms with Crippen molar-refractivity contribution in [3.8, 4) is 0 Å². The summed E-state index contributed by atoms with van der Waals surface area (Å²) in [5.74, 6) is 0.656. The monoisotopic (exact) mass is 213 g/mol. The normalized spacial score (nSPS) is 22.7. The van der Waals surface area contributed by atoms with Gasteiger partial charge in [0, 0.05) is 12.1 Å². The Hall–Kier alpha value is -0.810. The van der Waals surface area contributed by atoms with Gasteiger partial charge in [-0.2, -0.15) is 4.37 Å². The predicted molar refractivity (Wildman–Crippen MR) is 58.9 cm³/mol. The summed E-state index contributed by atoms with van der Waals surface area (Å²) in [7, 11) is 0. The summed E-state index contributed by atoms with van der Waals surface area (Å²) in [4.78, 5) is 2.33. The van der Waals surface area contributed by atoms with Crippen molar-refractivity contribution in [3.05, 3.63) is 5.56 Å². The standard InChI is InChI=1S/C9H15N3OS/c1-6-5-13-4-3-12(6)9-7(2)8(10)11-14-9/h6H,3-5H2,1-2H3,(H2,10,11). The first-order valence-corrected chi connectivity index (χ1v) is 5.53. The Labute approximate surface area is 87.8 Å². The number of hydrogen-bond acceptors (Lipinski definition) is 5. The zero-order valence-corrected chi connectivity index (χ0v) is 9.30. The van der Waals surface area contributed by atoms with Crippen molar-refractivity contribution in [2.45, 2.75) is 19.9 Å². The first-order valence-electron chi connectivity index (χ1n) is 4.76. The largest absolute Gasteiger partial charge is 0.383 e. The summed E-state index contributed by atoms with van der Waals surface area (Å²) in [6.45, 7) is 6.70. The number of rotatable bonds is 1. The molecule has 1 aromatic rings. The van der Waals surface area contributed by atoms with Crippen LogP contribution in [0.3, 0.4) is 0 Å². The maximum absolute atomic E-state index is 5.73. The van der Waals surface area contributed by atoms with Crippen LogP contribution in [-0.2, 0) is 4.74 Å². The molecule has 1 aromatic heterocycles. The lowest BCUT2D eigenvalue weighted by molar-refractivity contribution is 0.0992. The molecule has 4 nitrogen and oxygen atoms in total. The van der Waals surface area contributed by atoms with Crippen LogP contribution in [-0.4, -0.2) is 30.2 Å². The van der Waals surface area contributed by atoms with E-state index in [1.807, 2.05) is 6.92 Å². The zero-order chi connectivity index (χ0) is 10.1. The third kappa shape index (κ3) is 1.57. The van der Waals surface area contributed by atoms with Crippen LogP contribution in [0, 0.1) is 6.92 Å².